The minimum atomic E-state index is 0.668. The zero-order chi connectivity index (χ0) is 13.6. The van der Waals surface area contributed by atoms with Crippen LogP contribution < -0.4 is 0 Å². The molecule has 0 aromatic heterocycles. The fraction of sp³-hybridized carbons (Fsp3) is 1.00. The van der Waals surface area contributed by atoms with Crippen molar-refractivity contribution in [3.63, 3.8) is 0 Å². The molecule has 0 atom stereocenters. The van der Waals surface area contributed by atoms with Gasteiger partial charge in [-0.1, -0.05) is 0 Å². The van der Waals surface area contributed by atoms with E-state index in [0.717, 1.165) is 52.1 Å². The van der Waals surface area contributed by atoms with Gasteiger partial charge in [0.2, 0.25) is 0 Å². The lowest BCUT2D eigenvalue weighted by Crippen LogP contribution is -2.31. The quantitative estimate of drug-likeness (QED) is 0.375. The summed E-state index contributed by atoms with van der Waals surface area (Å²) in [4.78, 5) is 4.63. The summed E-state index contributed by atoms with van der Waals surface area (Å²) in [6.07, 6.45) is 2.32. The average molecular weight is 338 g/mol. The van der Waals surface area contributed by atoms with Crippen LogP contribution in [0.4, 0.5) is 0 Å². The van der Waals surface area contributed by atoms with Gasteiger partial charge in [-0.2, -0.15) is 0 Å². The summed E-state index contributed by atoms with van der Waals surface area (Å²) in [5.74, 6) is 2.67. The summed E-state index contributed by atoms with van der Waals surface area (Å²) in [6.45, 7) is 5.80. The van der Waals surface area contributed by atoms with Gasteiger partial charge in [0.05, 0.1) is 0 Å². The van der Waals surface area contributed by atoms with Gasteiger partial charge in [-0.05, 0) is 25.9 Å². The van der Waals surface area contributed by atoms with Gasteiger partial charge in [-0.15, -0.1) is 46.4 Å². The molecule has 0 aromatic rings. The van der Waals surface area contributed by atoms with Crippen molar-refractivity contribution in [1.82, 2.24) is 9.80 Å². The van der Waals surface area contributed by atoms with Crippen LogP contribution >= 0.6 is 46.4 Å². The van der Waals surface area contributed by atoms with Crippen LogP contribution in [0, 0.1) is 0 Å². The van der Waals surface area contributed by atoms with Crippen molar-refractivity contribution < 1.29 is 0 Å². The fourth-order valence-corrected chi connectivity index (χ4v) is 2.78. The minimum absolute atomic E-state index is 0.668. The summed E-state index contributed by atoms with van der Waals surface area (Å²) in [5, 5.41) is 0. The SMILES string of the molecule is ClCCN(CCCl)CCCCN(CCCl)CCCl. The number of rotatable bonds is 13. The van der Waals surface area contributed by atoms with E-state index in [4.69, 9.17) is 46.4 Å². The molecule has 0 spiro atoms. The molecular formula is C12H24Cl4N2. The topological polar surface area (TPSA) is 6.48 Å². The maximum absolute atomic E-state index is 5.76. The first kappa shape index (κ1) is 19.1. The molecule has 0 N–H and O–H groups in total. The molecule has 0 aromatic carbocycles. The van der Waals surface area contributed by atoms with Crippen LogP contribution in [-0.2, 0) is 0 Å². The Morgan fingerprint density at radius 2 is 0.722 bits per heavy atom. The highest BCUT2D eigenvalue weighted by atomic mass is 35.5. The normalized spacial score (nSPS) is 11.7. The number of hydrogen-bond donors (Lipinski definition) is 0. The van der Waals surface area contributed by atoms with E-state index in [2.05, 4.69) is 9.80 Å². The van der Waals surface area contributed by atoms with Crippen LogP contribution in [0.25, 0.3) is 0 Å². The predicted molar refractivity (Wildman–Crippen MR) is 85.0 cm³/mol. The summed E-state index contributed by atoms with van der Waals surface area (Å²) in [5.41, 5.74) is 0. The lowest BCUT2D eigenvalue weighted by Gasteiger charge is -2.22. The van der Waals surface area contributed by atoms with Crippen molar-refractivity contribution in [1.29, 1.82) is 0 Å². The zero-order valence-corrected chi connectivity index (χ0v) is 13.9. The molecule has 18 heavy (non-hydrogen) atoms. The van der Waals surface area contributed by atoms with Gasteiger partial charge < -0.3 is 9.80 Å². The zero-order valence-electron chi connectivity index (χ0n) is 10.9. The van der Waals surface area contributed by atoms with E-state index in [-0.39, 0.29) is 0 Å². The Hall–Kier alpha value is 1.08. The van der Waals surface area contributed by atoms with Crippen molar-refractivity contribution in [2.24, 2.45) is 0 Å². The second kappa shape index (κ2) is 14.5. The highest BCUT2D eigenvalue weighted by Gasteiger charge is 2.05. The summed E-state index contributed by atoms with van der Waals surface area (Å²) < 4.78 is 0. The molecule has 0 aliphatic rings. The molecule has 0 amide bonds. The molecule has 2 nitrogen and oxygen atoms in total. The van der Waals surface area contributed by atoms with Crippen LogP contribution in [0.15, 0.2) is 0 Å². The highest BCUT2D eigenvalue weighted by Crippen LogP contribution is 2.01. The van der Waals surface area contributed by atoms with Crippen molar-refractivity contribution in [3.8, 4) is 0 Å². The molecule has 0 fully saturated rings. The highest BCUT2D eigenvalue weighted by molar-refractivity contribution is 6.18. The number of alkyl halides is 4. The first-order valence-electron chi connectivity index (χ1n) is 6.47. The molecule has 0 radical (unpaired) electrons. The van der Waals surface area contributed by atoms with Crippen molar-refractivity contribution in [3.05, 3.63) is 0 Å². The lowest BCUT2D eigenvalue weighted by molar-refractivity contribution is 0.269. The van der Waals surface area contributed by atoms with Crippen molar-refractivity contribution in [2.45, 2.75) is 12.8 Å². The molecule has 0 aliphatic heterocycles. The Kier molecular flexibility index (Phi) is 15.4. The van der Waals surface area contributed by atoms with E-state index >= 15 is 0 Å². The van der Waals surface area contributed by atoms with E-state index in [1.807, 2.05) is 0 Å². The van der Waals surface area contributed by atoms with E-state index in [1.54, 1.807) is 0 Å². The number of nitrogens with zero attached hydrogens (tertiary/aromatic N) is 2. The van der Waals surface area contributed by atoms with Gasteiger partial charge >= 0.3 is 0 Å². The smallest absolute Gasteiger partial charge is 0.0351 e. The Morgan fingerprint density at radius 3 is 0.944 bits per heavy atom. The monoisotopic (exact) mass is 336 g/mol. The number of hydrogen-bond acceptors (Lipinski definition) is 2. The van der Waals surface area contributed by atoms with E-state index < -0.39 is 0 Å². The molecule has 6 heteroatoms. The Morgan fingerprint density at radius 1 is 0.444 bits per heavy atom. The summed E-state index contributed by atoms with van der Waals surface area (Å²) >= 11 is 23.0. The molecule has 0 saturated heterocycles. The Bertz CT molecular complexity index is 142. The molecule has 0 bridgehead atoms. The predicted octanol–water partition coefficient (Wildman–Crippen LogP) is 3.33. The molecule has 0 saturated carbocycles. The van der Waals surface area contributed by atoms with Crippen LogP contribution in [0.3, 0.4) is 0 Å². The van der Waals surface area contributed by atoms with Crippen molar-refractivity contribution in [2.75, 3.05) is 62.8 Å². The Balaban J connectivity index is 3.66. The minimum Gasteiger partial charge on any atom is -0.301 e. The van der Waals surface area contributed by atoms with Crippen LogP contribution in [-0.4, -0.2) is 72.6 Å². The van der Waals surface area contributed by atoms with E-state index in [0.29, 0.717) is 23.5 Å². The van der Waals surface area contributed by atoms with Gasteiger partial charge in [-0.3, -0.25) is 0 Å². The molecule has 0 heterocycles. The van der Waals surface area contributed by atoms with Gasteiger partial charge in [0.15, 0.2) is 0 Å². The third-order valence-corrected chi connectivity index (χ3v) is 3.48. The molecule has 0 unspecified atom stereocenters. The molecular weight excluding hydrogens is 314 g/mol. The maximum atomic E-state index is 5.76. The van der Waals surface area contributed by atoms with Crippen LogP contribution in [0.2, 0.25) is 0 Å². The van der Waals surface area contributed by atoms with Gasteiger partial charge in [0.1, 0.15) is 0 Å². The lowest BCUT2D eigenvalue weighted by atomic mass is 10.2. The molecule has 110 valence electrons. The summed E-state index contributed by atoms with van der Waals surface area (Å²) in [7, 11) is 0. The Labute approximate surface area is 131 Å². The largest absolute Gasteiger partial charge is 0.301 e. The second-order valence-electron chi connectivity index (χ2n) is 4.15. The second-order valence-corrected chi connectivity index (χ2v) is 5.66. The molecule has 0 aliphatic carbocycles. The van der Waals surface area contributed by atoms with E-state index in [1.165, 1.54) is 0 Å². The summed E-state index contributed by atoms with van der Waals surface area (Å²) in [6, 6.07) is 0. The first-order chi connectivity index (χ1) is 8.78. The maximum Gasteiger partial charge on any atom is 0.0351 e. The van der Waals surface area contributed by atoms with E-state index in [9.17, 15) is 0 Å². The van der Waals surface area contributed by atoms with Gasteiger partial charge in [0, 0.05) is 49.7 Å². The third-order valence-electron chi connectivity index (χ3n) is 2.80. The van der Waals surface area contributed by atoms with Crippen LogP contribution in [0.1, 0.15) is 12.8 Å². The van der Waals surface area contributed by atoms with Crippen LogP contribution in [0.5, 0.6) is 0 Å². The average Bonchev–Trinajstić information content (AvgIpc) is 2.35. The molecule has 0 rings (SSSR count). The van der Waals surface area contributed by atoms with Gasteiger partial charge in [-0.25, -0.2) is 0 Å². The van der Waals surface area contributed by atoms with Gasteiger partial charge in [0.25, 0.3) is 0 Å². The standard InChI is InChI=1S/C12H24Cl4N2/c13-3-9-17(10-4-14)7-1-2-8-18(11-5-15)12-6-16/h1-12H2. The first-order valence-corrected chi connectivity index (χ1v) is 8.60. The third kappa shape index (κ3) is 11.0. The number of halogens is 4. The fourth-order valence-electron chi connectivity index (χ4n) is 1.82. The number of unbranched alkanes of at least 4 members (excludes halogenated alkanes) is 1. The van der Waals surface area contributed by atoms with Crippen molar-refractivity contribution >= 4 is 46.4 Å².